The molecule has 10 heteroatoms. The summed E-state index contributed by atoms with van der Waals surface area (Å²) in [7, 11) is 0. The molecule has 0 aliphatic carbocycles. The highest BCUT2D eigenvalue weighted by molar-refractivity contribution is 8.14. The summed E-state index contributed by atoms with van der Waals surface area (Å²) in [5.74, 6) is 0.577. The third-order valence-electron chi connectivity index (χ3n) is 7.23. The van der Waals surface area contributed by atoms with Crippen LogP contribution in [0.1, 0.15) is 23.6 Å². The van der Waals surface area contributed by atoms with Crippen molar-refractivity contribution in [2.45, 2.75) is 13.5 Å². The number of hydrazone groups is 1. The molecule has 39 heavy (non-hydrogen) atoms. The number of rotatable bonds is 6. The first kappa shape index (κ1) is 26.0. The number of ether oxygens (including phenoxy) is 1. The van der Waals surface area contributed by atoms with E-state index in [9.17, 15) is 9.59 Å². The Morgan fingerprint density at radius 3 is 2.74 bits per heavy atom. The minimum absolute atomic E-state index is 0.105. The zero-order valence-corrected chi connectivity index (χ0v) is 23.1. The van der Waals surface area contributed by atoms with Crippen molar-refractivity contribution in [1.82, 2.24) is 9.91 Å². The number of morpholine rings is 1. The molecule has 200 valence electrons. The van der Waals surface area contributed by atoms with Gasteiger partial charge in [0.25, 0.3) is 5.91 Å². The first-order valence-electron chi connectivity index (χ1n) is 12.9. The molecule has 1 saturated heterocycles. The molecule has 0 saturated carbocycles. The average molecular weight is 562 g/mol. The molecule has 6 rings (SSSR count). The average Bonchev–Trinajstić information content (AvgIpc) is 3.54. The first-order chi connectivity index (χ1) is 18.9. The molecular weight excluding hydrogens is 534 g/mol. The summed E-state index contributed by atoms with van der Waals surface area (Å²) in [5, 5.41) is 9.66. The second-order valence-corrected chi connectivity index (χ2v) is 11.3. The number of nitrogens with zero attached hydrogens (tertiary/aromatic N) is 4. The molecule has 1 N–H and O–H groups in total. The second kappa shape index (κ2) is 11.1. The van der Waals surface area contributed by atoms with Gasteiger partial charge in [-0.3, -0.25) is 19.5 Å². The van der Waals surface area contributed by atoms with Gasteiger partial charge in [-0.25, -0.2) is 5.01 Å². The first-order valence-corrected chi connectivity index (χ1v) is 14.3. The van der Waals surface area contributed by atoms with Crippen molar-refractivity contribution in [2.75, 3.05) is 43.9 Å². The van der Waals surface area contributed by atoms with Crippen molar-refractivity contribution in [3.05, 3.63) is 81.5 Å². The Morgan fingerprint density at radius 1 is 1.15 bits per heavy atom. The minimum Gasteiger partial charge on any atom is -0.379 e. The zero-order chi connectivity index (χ0) is 26.9. The van der Waals surface area contributed by atoms with E-state index in [-0.39, 0.29) is 17.1 Å². The van der Waals surface area contributed by atoms with Gasteiger partial charge in [0.1, 0.15) is 0 Å². The highest BCUT2D eigenvalue weighted by Crippen LogP contribution is 2.38. The molecule has 0 aromatic heterocycles. The van der Waals surface area contributed by atoms with Crippen LogP contribution in [0.15, 0.2) is 69.9 Å². The van der Waals surface area contributed by atoms with Gasteiger partial charge in [-0.2, -0.15) is 5.10 Å². The van der Waals surface area contributed by atoms with Crippen LogP contribution in [0.4, 0.5) is 10.5 Å². The van der Waals surface area contributed by atoms with Crippen LogP contribution >= 0.6 is 23.4 Å². The lowest BCUT2D eigenvalue weighted by atomic mass is 9.97. The van der Waals surface area contributed by atoms with E-state index >= 15 is 0 Å². The highest BCUT2D eigenvalue weighted by atomic mass is 35.5. The summed E-state index contributed by atoms with van der Waals surface area (Å²) in [6.45, 7) is 6.53. The third-order valence-corrected chi connectivity index (χ3v) is 8.36. The Hall–Kier alpha value is -3.24. The van der Waals surface area contributed by atoms with E-state index < -0.39 is 0 Å². The van der Waals surface area contributed by atoms with Gasteiger partial charge in [-0.15, -0.1) is 0 Å². The van der Waals surface area contributed by atoms with E-state index in [2.05, 4.69) is 26.4 Å². The second-order valence-electron chi connectivity index (χ2n) is 9.91. The van der Waals surface area contributed by atoms with Crippen LogP contribution in [-0.4, -0.2) is 71.6 Å². The summed E-state index contributed by atoms with van der Waals surface area (Å²) in [4.78, 5) is 32.8. The maximum absolute atomic E-state index is 13.0. The Kier molecular flexibility index (Phi) is 7.40. The van der Waals surface area contributed by atoms with Gasteiger partial charge in [-0.1, -0.05) is 41.6 Å². The van der Waals surface area contributed by atoms with E-state index in [1.165, 1.54) is 16.8 Å². The molecule has 2 aromatic rings. The minimum atomic E-state index is -0.139. The number of amides is 2. The van der Waals surface area contributed by atoms with Gasteiger partial charge in [0.15, 0.2) is 0 Å². The number of nitrogens with one attached hydrogen (secondary N) is 1. The molecule has 2 amide bonds. The standard InChI is InChI=1S/C29H28ClN5O3S/c1-18(25-13-20(14-31-25)15-34-8-10-38-11-9-34)27-23-12-19(2-7-24(23)32-28(27)36)16-35-29(37)39-17-26(33-35)21-3-5-22(30)6-4-21/h2-7,12-14,20H,8-11,15-17H2,1H3,(H,32,36). The lowest BCUT2D eigenvalue weighted by Gasteiger charge is -2.27. The van der Waals surface area contributed by atoms with Crippen LogP contribution in [0.2, 0.25) is 5.02 Å². The van der Waals surface area contributed by atoms with Gasteiger partial charge in [0.2, 0.25) is 0 Å². The Morgan fingerprint density at radius 2 is 1.95 bits per heavy atom. The van der Waals surface area contributed by atoms with Crippen molar-refractivity contribution in [3.8, 4) is 0 Å². The predicted octanol–water partition coefficient (Wildman–Crippen LogP) is 5.06. The van der Waals surface area contributed by atoms with Crippen molar-refractivity contribution >= 4 is 57.7 Å². The van der Waals surface area contributed by atoms with Crippen LogP contribution in [0.25, 0.3) is 5.57 Å². The highest BCUT2D eigenvalue weighted by Gasteiger charge is 2.30. The fourth-order valence-corrected chi connectivity index (χ4v) is 6.02. The smallest absolute Gasteiger partial charge is 0.302 e. The fraction of sp³-hybridized carbons (Fsp3) is 0.310. The maximum atomic E-state index is 13.0. The Bertz CT molecular complexity index is 1440. The van der Waals surface area contributed by atoms with Crippen LogP contribution in [0, 0.1) is 5.92 Å². The quantitative estimate of drug-likeness (QED) is 0.498. The van der Waals surface area contributed by atoms with E-state index in [4.69, 9.17) is 16.3 Å². The number of anilines is 1. The number of benzene rings is 2. The molecule has 0 bridgehead atoms. The number of carbonyl (C=O) groups excluding carboxylic acids is 2. The monoisotopic (exact) mass is 561 g/mol. The molecule has 1 unspecified atom stereocenters. The van der Waals surface area contributed by atoms with Crippen molar-refractivity contribution in [1.29, 1.82) is 0 Å². The SMILES string of the molecule is CC(C1=CC(CN2CCOCC2)C=N1)=C1C(=O)Nc2ccc(CN3N=C(c4ccc(Cl)cc4)CSC3=O)cc21. The number of allylic oxidation sites excluding steroid dienone is 1. The molecule has 4 aliphatic rings. The zero-order valence-electron chi connectivity index (χ0n) is 21.5. The maximum Gasteiger partial charge on any atom is 0.302 e. The van der Waals surface area contributed by atoms with Crippen LogP contribution in [-0.2, 0) is 16.1 Å². The van der Waals surface area contributed by atoms with Crippen molar-refractivity contribution < 1.29 is 14.3 Å². The Balaban J connectivity index is 1.23. The molecule has 4 aliphatic heterocycles. The van der Waals surface area contributed by atoms with Crippen LogP contribution in [0.5, 0.6) is 0 Å². The molecule has 4 heterocycles. The number of hydrogen-bond acceptors (Lipinski definition) is 7. The van der Waals surface area contributed by atoms with E-state index in [1.807, 2.05) is 55.6 Å². The molecule has 0 spiro atoms. The third kappa shape index (κ3) is 5.58. The fourth-order valence-electron chi connectivity index (χ4n) is 5.16. The van der Waals surface area contributed by atoms with E-state index in [1.54, 1.807) is 0 Å². The van der Waals surface area contributed by atoms with Crippen LogP contribution < -0.4 is 5.32 Å². The lowest BCUT2D eigenvalue weighted by molar-refractivity contribution is -0.110. The van der Waals surface area contributed by atoms with Gasteiger partial charge in [-0.05, 0) is 54.0 Å². The molecule has 1 atom stereocenters. The summed E-state index contributed by atoms with van der Waals surface area (Å²) < 4.78 is 5.45. The normalized spacial score (nSPS) is 22.5. The largest absolute Gasteiger partial charge is 0.379 e. The van der Waals surface area contributed by atoms with E-state index in [0.29, 0.717) is 22.9 Å². The number of fused-ring (bicyclic) bond motifs is 1. The number of carbonyl (C=O) groups is 2. The lowest BCUT2D eigenvalue weighted by Crippen LogP contribution is -2.39. The van der Waals surface area contributed by atoms with Gasteiger partial charge in [0, 0.05) is 53.8 Å². The van der Waals surface area contributed by atoms with Crippen LogP contribution in [0.3, 0.4) is 0 Å². The van der Waals surface area contributed by atoms with Gasteiger partial charge >= 0.3 is 5.24 Å². The van der Waals surface area contributed by atoms with Crippen molar-refractivity contribution in [3.63, 3.8) is 0 Å². The number of halogens is 1. The molecular formula is C29H28ClN5O3S. The molecule has 8 nitrogen and oxygen atoms in total. The summed E-state index contributed by atoms with van der Waals surface area (Å²) in [6.07, 6.45) is 4.11. The molecule has 1 fully saturated rings. The van der Waals surface area contributed by atoms with Crippen molar-refractivity contribution in [2.24, 2.45) is 16.0 Å². The Labute approximate surface area is 236 Å². The summed E-state index contributed by atoms with van der Waals surface area (Å²) in [5.41, 5.74) is 6.52. The predicted molar refractivity (Wildman–Crippen MR) is 156 cm³/mol. The molecule has 0 radical (unpaired) electrons. The van der Waals surface area contributed by atoms with E-state index in [0.717, 1.165) is 72.2 Å². The molecule has 2 aromatic carbocycles. The summed E-state index contributed by atoms with van der Waals surface area (Å²) >= 11 is 7.26. The van der Waals surface area contributed by atoms with Gasteiger partial charge in [0.05, 0.1) is 36.7 Å². The number of hydrogen-bond donors (Lipinski definition) is 1. The topological polar surface area (TPSA) is 86.6 Å². The van der Waals surface area contributed by atoms with Gasteiger partial charge < -0.3 is 10.1 Å². The summed E-state index contributed by atoms with van der Waals surface area (Å²) in [6, 6.07) is 13.2. The number of aliphatic imine (C=N–C) groups is 1. The number of thioether (sulfide) groups is 1.